The molecular weight excluding hydrogens is 585 g/mol. The first-order valence-corrected chi connectivity index (χ1v) is 11.7. The van der Waals surface area contributed by atoms with Gasteiger partial charge in [0.25, 0.3) is 0 Å². The molecule has 6 nitrogen and oxygen atoms in total. The number of rotatable bonds is 4. The van der Waals surface area contributed by atoms with E-state index < -0.39 is 0 Å². The summed E-state index contributed by atoms with van der Waals surface area (Å²) in [5.74, 6) is 1.21. The number of nitrogen functional groups attached to an aromatic ring is 1. The summed E-state index contributed by atoms with van der Waals surface area (Å²) in [6, 6.07) is 7.84. The molecule has 2 aromatic rings. The summed E-state index contributed by atoms with van der Waals surface area (Å²) in [4.78, 5) is 8.68. The fraction of sp³-hybridized carbons (Fsp3) is 0.565. The van der Waals surface area contributed by atoms with Gasteiger partial charge in [0.2, 0.25) is 0 Å². The summed E-state index contributed by atoms with van der Waals surface area (Å²) in [6.45, 7) is 4.50. The molecule has 0 unspecified atom stereocenters. The molecular formula is C23H34N5OOsS. The largest absolute Gasteiger partial charge is 1.00 e. The maximum atomic E-state index is 9.06. The van der Waals surface area contributed by atoms with Crippen LogP contribution in [0.1, 0.15) is 57.1 Å². The van der Waals surface area contributed by atoms with Crippen molar-refractivity contribution in [2.45, 2.75) is 63.8 Å². The second-order valence-electron chi connectivity index (χ2n) is 8.71. The average Bonchev–Trinajstić information content (AvgIpc) is 2.72. The van der Waals surface area contributed by atoms with Crippen molar-refractivity contribution in [2.24, 2.45) is 5.73 Å². The molecule has 1 aromatic heterocycles. The zero-order valence-corrected chi connectivity index (χ0v) is 22.0. The van der Waals surface area contributed by atoms with Gasteiger partial charge in [0.15, 0.2) is 0 Å². The van der Waals surface area contributed by atoms with Crippen LogP contribution in [-0.2, 0) is 31.6 Å². The van der Waals surface area contributed by atoms with Crippen LogP contribution in [-0.4, -0.2) is 40.5 Å². The topological polar surface area (TPSA) is 101 Å². The summed E-state index contributed by atoms with van der Waals surface area (Å²) in [5, 5.41) is 9.06. The molecule has 31 heavy (non-hydrogen) atoms. The Morgan fingerprint density at radius 1 is 1.26 bits per heavy atom. The van der Waals surface area contributed by atoms with Gasteiger partial charge >= 0.3 is 19.8 Å². The minimum Gasteiger partial charge on any atom is -0.395 e. The van der Waals surface area contributed by atoms with E-state index in [-0.39, 0.29) is 31.8 Å². The molecule has 1 heterocycles. The van der Waals surface area contributed by atoms with Crippen LogP contribution >= 0.6 is 11.9 Å². The van der Waals surface area contributed by atoms with E-state index in [1.165, 1.54) is 44.0 Å². The molecule has 0 saturated heterocycles. The smallest absolute Gasteiger partial charge is 0.395 e. The number of hydrogen-bond donors (Lipinski definition) is 3. The summed E-state index contributed by atoms with van der Waals surface area (Å²) in [6.07, 6.45) is 9.04. The van der Waals surface area contributed by atoms with E-state index >= 15 is 0 Å². The number of anilines is 2. The first-order valence-electron chi connectivity index (χ1n) is 10.7. The van der Waals surface area contributed by atoms with E-state index in [2.05, 4.69) is 34.2 Å². The van der Waals surface area contributed by atoms with Crippen LogP contribution in [0, 0.1) is 6.07 Å². The molecule has 8 heteroatoms. The van der Waals surface area contributed by atoms with Crippen molar-refractivity contribution in [2.75, 3.05) is 29.4 Å². The quantitative estimate of drug-likeness (QED) is 0.355. The molecule has 0 amide bonds. The minimum absolute atomic E-state index is 0. The van der Waals surface area contributed by atoms with Gasteiger partial charge in [-0.15, -0.1) is 11.1 Å². The molecule has 0 bridgehead atoms. The molecule has 0 spiro atoms. The Bertz CT molecular complexity index is 858. The van der Waals surface area contributed by atoms with E-state index in [0.29, 0.717) is 17.6 Å². The van der Waals surface area contributed by atoms with Gasteiger partial charge < -0.3 is 20.9 Å². The minimum atomic E-state index is -0.139. The van der Waals surface area contributed by atoms with Crippen LogP contribution in [0.5, 0.6) is 0 Å². The molecule has 5 N–H and O–H groups in total. The van der Waals surface area contributed by atoms with Gasteiger partial charge in [0, 0.05) is 24.4 Å². The van der Waals surface area contributed by atoms with Gasteiger partial charge in [-0.1, -0.05) is 45.2 Å². The zero-order valence-electron chi connectivity index (χ0n) is 18.7. The average molecular weight is 619 g/mol. The van der Waals surface area contributed by atoms with Crippen molar-refractivity contribution in [1.29, 1.82) is 0 Å². The fourth-order valence-corrected chi connectivity index (χ4v) is 5.03. The third-order valence-electron chi connectivity index (χ3n) is 5.85. The van der Waals surface area contributed by atoms with Gasteiger partial charge in [-0.05, 0) is 30.2 Å². The molecule has 1 fully saturated rings. The van der Waals surface area contributed by atoms with Crippen molar-refractivity contribution in [3.8, 4) is 11.3 Å². The number of hydrogen-bond acceptors (Lipinski definition) is 7. The van der Waals surface area contributed by atoms with Gasteiger partial charge in [-0.2, -0.15) is 18.2 Å². The van der Waals surface area contributed by atoms with E-state index in [1.54, 1.807) is 11.9 Å². The number of aliphatic hydroxyl groups excluding tert-OH is 1. The van der Waals surface area contributed by atoms with Crippen molar-refractivity contribution in [3.63, 3.8) is 0 Å². The predicted octanol–water partition coefficient (Wildman–Crippen LogP) is 3.71. The van der Waals surface area contributed by atoms with E-state index in [4.69, 9.17) is 16.6 Å². The Balaban J connectivity index is 0.000000364. The van der Waals surface area contributed by atoms with Gasteiger partial charge in [0.05, 0.1) is 12.3 Å². The third-order valence-corrected chi connectivity index (χ3v) is 6.78. The predicted molar refractivity (Wildman–Crippen MR) is 126 cm³/mol. The monoisotopic (exact) mass is 620 g/mol. The van der Waals surface area contributed by atoms with Gasteiger partial charge in [-0.3, -0.25) is 0 Å². The molecule has 1 aromatic carbocycles. The van der Waals surface area contributed by atoms with E-state index in [1.807, 2.05) is 19.2 Å². The molecule has 171 valence electrons. The molecule has 0 atom stereocenters. The SMILES string of the molecule is CN(SCCO)c1[c-]ccc2c1CC(C)(C)c1c(N)ncnc1-2.NC1CCCCC1.[Os+]. The Morgan fingerprint density at radius 2 is 1.97 bits per heavy atom. The van der Waals surface area contributed by atoms with E-state index in [9.17, 15) is 0 Å². The third kappa shape index (κ3) is 6.19. The van der Waals surface area contributed by atoms with Gasteiger partial charge in [-0.25, -0.2) is 9.97 Å². The normalized spacial score (nSPS) is 16.8. The van der Waals surface area contributed by atoms with E-state index in [0.717, 1.165) is 28.9 Å². The molecule has 2 aliphatic rings. The molecule has 0 aliphatic heterocycles. The summed E-state index contributed by atoms with van der Waals surface area (Å²) >= 11 is 1.58. The Morgan fingerprint density at radius 3 is 2.58 bits per heavy atom. The van der Waals surface area contributed by atoms with Crippen LogP contribution < -0.4 is 15.8 Å². The number of aliphatic hydroxyl groups is 1. The van der Waals surface area contributed by atoms with Crippen molar-refractivity contribution >= 4 is 23.5 Å². The maximum absolute atomic E-state index is 9.06. The molecule has 1 radical (unpaired) electrons. The number of nitrogens with two attached hydrogens (primary N) is 2. The van der Waals surface area contributed by atoms with Crippen molar-refractivity contribution in [3.05, 3.63) is 35.7 Å². The molecule has 2 aliphatic carbocycles. The Hall–Kier alpha value is -1.19. The fourth-order valence-electron chi connectivity index (χ4n) is 4.38. The Kier molecular flexibility index (Phi) is 9.76. The first kappa shape index (κ1) is 26.1. The summed E-state index contributed by atoms with van der Waals surface area (Å²) < 4.78 is 2.07. The van der Waals surface area contributed by atoms with Crippen LogP contribution in [0.3, 0.4) is 0 Å². The zero-order chi connectivity index (χ0) is 21.7. The number of nitrogens with zero attached hydrogens (tertiary/aromatic N) is 3. The number of benzene rings is 1. The molecule has 1 saturated carbocycles. The maximum Gasteiger partial charge on any atom is 1.00 e. The second-order valence-corrected chi connectivity index (χ2v) is 9.93. The molecule has 4 rings (SSSR count). The standard InChI is InChI=1S/C17H21N4OS.C6H13N.Os/c1-17(2)9-12-11(15-14(17)16(18)20-10-19-15)5-4-6-13(12)21(3)23-8-7-22;7-6-4-2-1-3-5-6;/h4-5,10,22H,7-9H2,1-3H3,(H2,18,19,20);6H,1-5,7H2;/q-1;;+1. The summed E-state index contributed by atoms with van der Waals surface area (Å²) in [7, 11) is 2.00. The van der Waals surface area contributed by atoms with Crippen molar-refractivity contribution in [1.82, 2.24) is 9.97 Å². The Labute approximate surface area is 203 Å². The summed E-state index contributed by atoms with van der Waals surface area (Å²) in [5.41, 5.74) is 16.9. The van der Waals surface area contributed by atoms with Crippen molar-refractivity contribution < 1.29 is 24.9 Å². The van der Waals surface area contributed by atoms with Crippen LogP contribution in [0.25, 0.3) is 11.3 Å². The number of aromatic nitrogens is 2. The van der Waals surface area contributed by atoms with Gasteiger partial charge in [0.1, 0.15) is 12.1 Å². The first-order chi connectivity index (χ1) is 14.3. The van der Waals surface area contributed by atoms with Crippen LogP contribution in [0.4, 0.5) is 11.5 Å². The van der Waals surface area contributed by atoms with Crippen LogP contribution in [0.15, 0.2) is 18.5 Å². The number of fused-ring (bicyclic) bond motifs is 3. The second kappa shape index (κ2) is 11.6. The van der Waals surface area contributed by atoms with Crippen LogP contribution in [0.2, 0.25) is 0 Å².